The maximum Gasteiger partial charge on any atom is 0.252 e. The average molecular weight is 433 g/mol. The van der Waals surface area contributed by atoms with Crippen molar-refractivity contribution in [2.45, 2.75) is 39.7 Å². The molecule has 0 radical (unpaired) electrons. The van der Waals surface area contributed by atoms with Crippen LogP contribution in [0.3, 0.4) is 0 Å². The number of hydrogen-bond acceptors (Lipinski definition) is 4. The Morgan fingerprint density at radius 1 is 0.938 bits per heavy atom. The lowest BCUT2D eigenvalue weighted by Crippen LogP contribution is -2.37. The zero-order valence-corrected chi connectivity index (χ0v) is 19.0. The number of amides is 2. The molecule has 0 aromatic heterocycles. The molecule has 0 fully saturated rings. The predicted octanol–water partition coefficient (Wildman–Crippen LogP) is 4.34. The standard InChI is InChI=1S/C26H32N4O2/c1-4-27-21-14-15-24(20(17-21)13-16-25(31)30-28-5-2)26(32)29-18(3)22-12-8-10-19-9-6-7-11-23(19)22/h6-12,14-15,17-18,27-28H,4-5,13,16H2,1-3H3,(H,29,32)(H,30,31). The molecule has 6 nitrogen and oxygen atoms in total. The van der Waals surface area contributed by atoms with E-state index in [-0.39, 0.29) is 17.9 Å². The molecule has 3 aromatic rings. The van der Waals surface area contributed by atoms with Crippen LogP contribution in [0.2, 0.25) is 0 Å². The van der Waals surface area contributed by atoms with Gasteiger partial charge >= 0.3 is 0 Å². The fourth-order valence-corrected chi connectivity index (χ4v) is 3.81. The largest absolute Gasteiger partial charge is 0.385 e. The highest BCUT2D eigenvalue weighted by Crippen LogP contribution is 2.25. The average Bonchev–Trinajstić information content (AvgIpc) is 2.81. The van der Waals surface area contributed by atoms with Gasteiger partial charge in [0.05, 0.1) is 6.04 Å². The van der Waals surface area contributed by atoms with Gasteiger partial charge in [-0.3, -0.25) is 15.0 Å². The summed E-state index contributed by atoms with van der Waals surface area (Å²) in [6.07, 6.45) is 0.767. The molecule has 0 aliphatic heterocycles. The van der Waals surface area contributed by atoms with Gasteiger partial charge in [0.2, 0.25) is 5.91 Å². The number of rotatable bonds is 10. The maximum atomic E-state index is 13.2. The van der Waals surface area contributed by atoms with Gasteiger partial charge < -0.3 is 10.6 Å². The number of nitrogens with one attached hydrogen (secondary N) is 4. The lowest BCUT2D eigenvalue weighted by Gasteiger charge is -2.19. The van der Waals surface area contributed by atoms with E-state index in [2.05, 4.69) is 39.7 Å². The van der Waals surface area contributed by atoms with Crippen molar-refractivity contribution in [2.24, 2.45) is 0 Å². The first-order valence-electron chi connectivity index (χ1n) is 11.2. The van der Waals surface area contributed by atoms with Gasteiger partial charge in [-0.2, -0.15) is 0 Å². The predicted molar refractivity (Wildman–Crippen MR) is 131 cm³/mol. The SMILES string of the molecule is CCNNC(=O)CCc1cc(NCC)ccc1C(=O)NC(C)c1cccc2ccccc12. The van der Waals surface area contributed by atoms with Gasteiger partial charge in [-0.1, -0.05) is 49.4 Å². The first-order chi connectivity index (χ1) is 15.5. The summed E-state index contributed by atoms with van der Waals surface area (Å²) in [5.41, 5.74) is 8.93. The summed E-state index contributed by atoms with van der Waals surface area (Å²) in [6, 6.07) is 19.8. The number of fused-ring (bicyclic) bond motifs is 1. The molecule has 32 heavy (non-hydrogen) atoms. The minimum atomic E-state index is -0.160. The van der Waals surface area contributed by atoms with Gasteiger partial charge in [0, 0.05) is 30.8 Å². The lowest BCUT2D eigenvalue weighted by atomic mass is 9.98. The van der Waals surface area contributed by atoms with Crippen molar-refractivity contribution in [3.05, 3.63) is 77.4 Å². The quantitative estimate of drug-likeness (QED) is 0.359. The Labute approximate surface area is 189 Å². The normalized spacial score (nSPS) is 11.7. The number of hydrazine groups is 1. The molecule has 6 heteroatoms. The van der Waals surface area contributed by atoms with Gasteiger partial charge in [-0.15, -0.1) is 0 Å². The number of anilines is 1. The monoisotopic (exact) mass is 432 g/mol. The summed E-state index contributed by atoms with van der Waals surface area (Å²) in [5.74, 6) is -0.244. The highest BCUT2D eigenvalue weighted by atomic mass is 16.2. The molecule has 1 unspecified atom stereocenters. The second kappa shape index (κ2) is 11.3. The molecule has 3 aromatic carbocycles. The van der Waals surface area contributed by atoms with Crippen LogP contribution in [0.4, 0.5) is 5.69 Å². The van der Waals surface area contributed by atoms with Crippen LogP contribution in [0.1, 0.15) is 54.7 Å². The molecule has 1 atom stereocenters. The van der Waals surface area contributed by atoms with Crippen molar-refractivity contribution in [1.29, 1.82) is 0 Å². The van der Waals surface area contributed by atoms with Crippen molar-refractivity contribution in [2.75, 3.05) is 18.4 Å². The molecule has 4 N–H and O–H groups in total. The number of aryl methyl sites for hydroxylation is 1. The molecule has 0 saturated carbocycles. The topological polar surface area (TPSA) is 82.3 Å². The Balaban J connectivity index is 1.80. The second-order valence-corrected chi connectivity index (χ2v) is 7.74. The third-order valence-corrected chi connectivity index (χ3v) is 5.39. The van der Waals surface area contributed by atoms with Crippen LogP contribution >= 0.6 is 0 Å². The van der Waals surface area contributed by atoms with Crippen molar-refractivity contribution in [3.8, 4) is 0 Å². The van der Waals surface area contributed by atoms with E-state index in [4.69, 9.17) is 0 Å². The summed E-state index contributed by atoms with van der Waals surface area (Å²) in [7, 11) is 0. The van der Waals surface area contributed by atoms with E-state index in [9.17, 15) is 9.59 Å². The summed E-state index contributed by atoms with van der Waals surface area (Å²) >= 11 is 0. The molecule has 0 heterocycles. The van der Waals surface area contributed by atoms with E-state index in [1.54, 1.807) is 0 Å². The van der Waals surface area contributed by atoms with Crippen LogP contribution in [0.25, 0.3) is 10.8 Å². The van der Waals surface area contributed by atoms with E-state index in [0.29, 0.717) is 24.9 Å². The first kappa shape index (κ1) is 23.3. The van der Waals surface area contributed by atoms with Gasteiger partial charge in [0.1, 0.15) is 0 Å². The van der Waals surface area contributed by atoms with Crippen LogP contribution < -0.4 is 21.5 Å². The number of benzene rings is 3. The molecule has 2 amide bonds. The Morgan fingerprint density at radius 3 is 2.50 bits per heavy atom. The van der Waals surface area contributed by atoms with E-state index in [1.165, 1.54) is 0 Å². The van der Waals surface area contributed by atoms with Crippen LogP contribution in [0, 0.1) is 0 Å². The van der Waals surface area contributed by atoms with Gasteiger partial charge in [-0.05, 0) is 60.4 Å². The number of hydrogen-bond donors (Lipinski definition) is 4. The molecule has 3 rings (SSSR count). The van der Waals surface area contributed by atoms with Crippen LogP contribution in [0.5, 0.6) is 0 Å². The van der Waals surface area contributed by atoms with Crippen molar-refractivity contribution < 1.29 is 9.59 Å². The molecule has 0 aliphatic rings. The third-order valence-electron chi connectivity index (χ3n) is 5.39. The van der Waals surface area contributed by atoms with Crippen LogP contribution in [-0.2, 0) is 11.2 Å². The molecular weight excluding hydrogens is 400 g/mol. The zero-order chi connectivity index (χ0) is 22.9. The van der Waals surface area contributed by atoms with E-state index in [1.807, 2.05) is 63.2 Å². The highest BCUT2D eigenvalue weighted by Gasteiger charge is 2.17. The molecule has 0 aliphatic carbocycles. The van der Waals surface area contributed by atoms with E-state index < -0.39 is 0 Å². The highest BCUT2D eigenvalue weighted by molar-refractivity contribution is 5.97. The molecule has 0 spiro atoms. The van der Waals surface area contributed by atoms with Crippen molar-refractivity contribution >= 4 is 28.3 Å². The smallest absolute Gasteiger partial charge is 0.252 e. The molecule has 0 bridgehead atoms. The lowest BCUT2D eigenvalue weighted by molar-refractivity contribution is -0.122. The van der Waals surface area contributed by atoms with E-state index >= 15 is 0 Å². The number of carbonyl (C=O) groups is 2. The molecule has 168 valence electrons. The Kier molecular flexibility index (Phi) is 8.22. The fraction of sp³-hybridized carbons (Fsp3) is 0.308. The fourth-order valence-electron chi connectivity index (χ4n) is 3.81. The molecular formula is C26H32N4O2. The molecule has 0 saturated heterocycles. The summed E-state index contributed by atoms with van der Waals surface area (Å²) < 4.78 is 0. The van der Waals surface area contributed by atoms with E-state index in [0.717, 1.165) is 34.1 Å². The Morgan fingerprint density at radius 2 is 1.72 bits per heavy atom. The second-order valence-electron chi connectivity index (χ2n) is 7.74. The Bertz CT molecular complexity index is 1080. The first-order valence-corrected chi connectivity index (χ1v) is 11.2. The van der Waals surface area contributed by atoms with Crippen LogP contribution in [0.15, 0.2) is 60.7 Å². The van der Waals surface area contributed by atoms with Crippen molar-refractivity contribution in [1.82, 2.24) is 16.2 Å². The minimum absolute atomic E-state index is 0.101. The van der Waals surface area contributed by atoms with Crippen LogP contribution in [-0.4, -0.2) is 24.9 Å². The third kappa shape index (κ3) is 5.86. The summed E-state index contributed by atoms with van der Waals surface area (Å²) in [5, 5.41) is 8.70. The number of carbonyl (C=O) groups excluding carboxylic acids is 2. The maximum absolute atomic E-state index is 13.2. The van der Waals surface area contributed by atoms with Gasteiger partial charge in [-0.25, -0.2) is 5.43 Å². The van der Waals surface area contributed by atoms with Gasteiger partial charge in [0.25, 0.3) is 5.91 Å². The van der Waals surface area contributed by atoms with Gasteiger partial charge in [0.15, 0.2) is 0 Å². The van der Waals surface area contributed by atoms with Crippen molar-refractivity contribution in [3.63, 3.8) is 0 Å². The minimum Gasteiger partial charge on any atom is -0.385 e. The summed E-state index contributed by atoms with van der Waals surface area (Å²) in [6.45, 7) is 7.37. The zero-order valence-electron chi connectivity index (χ0n) is 19.0. The Hall–Kier alpha value is -3.38. The summed E-state index contributed by atoms with van der Waals surface area (Å²) in [4.78, 5) is 25.3.